The van der Waals surface area contributed by atoms with Crippen LogP contribution in [0.1, 0.15) is 49.9 Å². The minimum atomic E-state index is -0.517. The van der Waals surface area contributed by atoms with Crippen LogP contribution in [0.25, 0.3) is 0 Å². The highest BCUT2D eigenvalue weighted by Crippen LogP contribution is 2.20. The van der Waals surface area contributed by atoms with E-state index in [9.17, 15) is 4.79 Å². The van der Waals surface area contributed by atoms with Crippen molar-refractivity contribution in [1.82, 2.24) is 9.97 Å². The summed E-state index contributed by atoms with van der Waals surface area (Å²) in [6.07, 6.45) is 1.94. The van der Waals surface area contributed by atoms with Crippen molar-refractivity contribution in [1.29, 1.82) is 0 Å². The molecule has 0 fully saturated rings. The van der Waals surface area contributed by atoms with Gasteiger partial charge >= 0.3 is 5.97 Å². The Morgan fingerprint density at radius 3 is 2.50 bits per heavy atom. The van der Waals surface area contributed by atoms with Gasteiger partial charge in [0.2, 0.25) is 5.82 Å². The number of rotatable bonds is 5. The quantitative estimate of drug-likeness (QED) is 0.815. The number of anilines is 1. The van der Waals surface area contributed by atoms with Crippen molar-refractivity contribution in [3.05, 3.63) is 17.6 Å². The highest BCUT2D eigenvalue weighted by Gasteiger charge is 2.21. The molecule has 1 heterocycles. The normalized spacial score (nSPS) is 11.2. The lowest BCUT2D eigenvalue weighted by Crippen LogP contribution is -2.33. The number of aromatic nitrogens is 2. The number of hydrogen-bond acceptors (Lipinski definition) is 5. The second-order valence-corrected chi connectivity index (χ2v) is 4.60. The Kier molecular flexibility index (Phi) is 4.64. The van der Waals surface area contributed by atoms with Gasteiger partial charge in [0.05, 0.1) is 7.11 Å². The number of nitrogens with one attached hydrogen (secondary N) is 1. The van der Waals surface area contributed by atoms with Crippen molar-refractivity contribution in [2.75, 3.05) is 12.4 Å². The van der Waals surface area contributed by atoms with Gasteiger partial charge in [0.15, 0.2) is 0 Å². The van der Waals surface area contributed by atoms with Crippen molar-refractivity contribution in [3.8, 4) is 0 Å². The van der Waals surface area contributed by atoms with Crippen molar-refractivity contribution >= 4 is 11.8 Å². The maximum absolute atomic E-state index is 11.4. The number of carbonyl (C=O) groups excluding carboxylic acids is 1. The number of methoxy groups -OCH3 is 1. The molecule has 0 spiro atoms. The van der Waals surface area contributed by atoms with Gasteiger partial charge in [-0.05, 0) is 26.7 Å². The van der Waals surface area contributed by atoms with E-state index in [0.29, 0.717) is 5.82 Å². The maximum Gasteiger partial charge on any atom is 0.376 e. The van der Waals surface area contributed by atoms with Gasteiger partial charge in [0.1, 0.15) is 5.82 Å². The molecule has 0 aromatic carbocycles. The molecule has 0 bridgehead atoms. The Morgan fingerprint density at radius 1 is 1.39 bits per heavy atom. The second-order valence-electron chi connectivity index (χ2n) is 4.60. The molecule has 1 rings (SSSR count). The number of esters is 1. The second kappa shape index (κ2) is 5.80. The number of carbonyl (C=O) groups is 1. The van der Waals surface area contributed by atoms with Crippen LogP contribution < -0.4 is 5.32 Å². The van der Waals surface area contributed by atoms with E-state index in [1.807, 2.05) is 13.0 Å². The minimum absolute atomic E-state index is 0.0335. The van der Waals surface area contributed by atoms with Gasteiger partial charge in [-0.2, -0.15) is 0 Å². The predicted octanol–water partition coefficient (Wildman–Crippen LogP) is 2.56. The first kappa shape index (κ1) is 14.4. The molecule has 0 aliphatic heterocycles. The van der Waals surface area contributed by atoms with Crippen molar-refractivity contribution in [2.24, 2.45) is 0 Å². The molecule has 0 saturated heterocycles. The van der Waals surface area contributed by atoms with Crippen LogP contribution in [0.2, 0.25) is 0 Å². The Balaban J connectivity index is 3.03. The fraction of sp³-hybridized carbons (Fsp3) is 0.615. The zero-order valence-electron chi connectivity index (χ0n) is 11.7. The molecule has 18 heavy (non-hydrogen) atoms. The fourth-order valence-electron chi connectivity index (χ4n) is 1.55. The number of nitrogens with zero attached hydrogens (tertiary/aromatic N) is 2. The topological polar surface area (TPSA) is 64.1 Å². The molecule has 1 aromatic heterocycles. The third-order valence-corrected chi connectivity index (χ3v) is 3.21. The lowest BCUT2D eigenvalue weighted by atomic mass is 9.96. The summed E-state index contributed by atoms with van der Waals surface area (Å²) in [7, 11) is 1.32. The van der Waals surface area contributed by atoms with Crippen molar-refractivity contribution in [3.63, 3.8) is 0 Å². The van der Waals surface area contributed by atoms with Crippen LogP contribution in [0.15, 0.2) is 6.07 Å². The van der Waals surface area contributed by atoms with Crippen LogP contribution in [0, 0.1) is 6.92 Å². The molecule has 0 radical (unpaired) electrons. The third kappa shape index (κ3) is 3.42. The summed E-state index contributed by atoms with van der Waals surface area (Å²) >= 11 is 0. The minimum Gasteiger partial charge on any atom is -0.463 e. The monoisotopic (exact) mass is 251 g/mol. The standard InChI is InChI=1S/C13H21N3O2/c1-6-13(4,7-2)16-10-8-9(3)14-11(15-10)12(17)18-5/h8H,6-7H2,1-5H3,(H,14,15,16). The zero-order valence-corrected chi connectivity index (χ0v) is 11.7. The molecule has 0 saturated carbocycles. The largest absolute Gasteiger partial charge is 0.463 e. The summed E-state index contributed by atoms with van der Waals surface area (Å²) in [6, 6.07) is 1.83. The average molecular weight is 251 g/mol. The maximum atomic E-state index is 11.4. The van der Waals surface area contributed by atoms with Crippen LogP contribution in [-0.2, 0) is 4.74 Å². The summed E-state index contributed by atoms with van der Waals surface area (Å²) in [5.74, 6) is 0.236. The molecule has 5 heteroatoms. The van der Waals surface area contributed by atoms with Gasteiger partial charge in [-0.3, -0.25) is 0 Å². The Bertz CT molecular complexity index is 428. The van der Waals surface area contributed by atoms with Crippen molar-refractivity contribution in [2.45, 2.75) is 46.1 Å². The lowest BCUT2D eigenvalue weighted by molar-refractivity contribution is 0.0586. The third-order valence-electron chi connectivity index (χ3n) is 3.21. The SMILES string of the molecule is CCC(C)(CC)Nc1cc(C)nc(C(=O)OC)n1. The lowest BCUT2D eigenvalue weighted by Gasteiger charge is -2.29. The Morgan fingerprint density at radius 2 is 2.00 bits per heavy atom. The van der Waals surface area contributed by atoms with Crippen LogP contribution in [0.5, 0.6) is 0 Å². The first-order valence-electron chi connectivity index (χ1n) is 6.16. The van der Waals surface area contributed by atoms with E-state index in [4.69, 9.17) is 0 Å². The molecule has 100 valence electrons. The van der Waals surface area contributed by atoms with Gasteiger partial charge in [-0.25, -0.2) is 14.8 Å². The molecule has 5 nitrogen and oxygen atoms in total. The van der Waals surface area contributed by atoms with Gasteiger partial charge in [0, 0.05) is 17.3 Å². The van der Waals surface area contributed by atoms with Crippen LogP contribution in [0.3, 0.4) is 0 Å². The first-order chi connectivity index (χ1) is 8.44. The average Bonchev–Trinajstić information content (AvgIpc) is 2.36. The highest BCUT2D eigenvalue weighted by atomic mass is 16.5. The summed E-state index contributed by atoms with van der Waals surface area (Å²) in [5.41, 5.74) is 0.705. The van der Waals surface area contributed by atoms with E-state index in [1.165, 1.54) is 7.11 Å². The van der Waals surface area contributed by atoms with Crippen LogP contribution in [0.4, 0.5) is 5.82 Å². The summed E-state index contributed by atoms with van der Waals surface area (Å²) < 4.78 is 4.64. The van der Waals surface area contributed by atoms with Crippen LogP contribution >= 0.6 is 0 Å². The molecular weight excluding hydrogens is 230 g/mol. The molecule has 0 aliphatic carbocycles. The fourth-order valence-corrected chi connectivity index (χ4v) is 1.55. The molecule has 1 N–H and O–H groups in total. The molecule has 0 amide bonds. The van der Waals surface area contributed by atoms with Crippen molar-refractivity contribution < 1.29 is 9.53 Å². The van der Waals surface area contributed by atoms with E-state index in [-0.39, 0.29) is 11.4 Å². The van der Waals surface area contributed by atoms with Gasteiger partial charge < -0.3 is 10.1 Å². The molecule has 0 unspecified atom stereocenters. The van der Waals surface area contributed by atoms with Gasteiger partial charge in [0.25, 0.3) is 0 Å². The Labute approximate surface area is 108 Å². The summed E-state index contributed by atoms with van der Waals surface area (Å²) in [4.78, 5) is 19.7. The van der Waals surface area contributed by atoms with E-state index in [0.717, 1.165) is 18.5 Å². The van der Waals surface area contributed by atoms with E-state index < -0.39 is 5.97 Å². The number of hydrogen-bond donors (Lipinski definition) is 1. The molecule has 0 aliphatic rings. The highest BCUT2D eigenvalue weighted by molar-refractivity contribution is 5.85. The van der Waals surface area contributed by atoms with E-state index in [1.54, 1.807) is 0 Å². The van der Waals surface area contributed by atoms with E-state index in [2.05, 4.69) is 40.8 Å². The zero-order chi connectivity index (χ0) is 13.8. The Hall–Kier alpha value is -1.65. The molecule has 1 aromatic rings. The predicted molar refractivity (Wildman–Crippen MR) is 70.7 cm³/mol. The van der Waals surface area contributed by atoms with Crippen LogP contribution in [-0.4, -0.2) is 28.6 Å². The van der Waals surface area contributed by atoms with Gasteiger partial charge in [-0.1, -0.05) is 13.8 Å². The summed E-state index contributed by atoms with van der Waals surface area (Å²) in [5, 5.41) is 3.36. The number of ether oxygens (including phenoxy) is 1. The molecule has 0 atom stereocenters. The smallest absolute Gasteiger partial charge is 0.376 e. The first-order valence-corrected chi connectivity index (χ1v) is 6.16. The molecular formula is C13H21N3O2. The number of aryl methyl sites for hydroxylation is 1. The summed E-state index contributed by atoms with van der Waals surface area (Å²) in [6.45, 7) is 8.19. The van der Waals surface area contributed by atoms with Gasteiger partial charge in [-0.15, -0.1) is 0 Å². The van der Waals surface area contributed by atoms with E-state index >= 15 is 0 Å².